The lowest BCUT2D eigenvalue weighted by Gasteiger charge is -2.36. The van der Waals surface area contributed by atoms with E-state index in [1.165, 1.54) is 11.3 Å². The van der Waals surface area contributed by atoms with Crippen LogP contribution in [0.3, 0.4) is 0 Å². The van der Waals surface area contributed by atoms with E-state index in [1.807, 2.05) is 18.2 Å². The Kier molecular flexibility index (Phi) is 6.54. The van der Waals surface area contributed by atoms with E-state index in [-0.39, 0.29) is 0 Å². The third-order valence-electron chi connectivity index (χ3n) is 7.14. The number of imidazole rings is 2. The van der Waals surface area contributed by atoms with Crippen molar-refractivity contribution in [2.75, 3.05) is 49.7 Å². The molecule has 0 saturated carbocycles. The number of fused-ring (bicyclic) bond motifs is 2. The lowest BCUT2D eigenvalue weighted by Crippen LogP contribution is -2.47. The summed E-state index contributed by atoms with van der Waals surface area (Å²) in [6, 6.07) is 20.8. The lowest BCUT2D eigenvalue weighted by molar-refractivity contribution is 0.201. The van der Waals surface area contributed by atoms with Crippen LogP contribution < -0.4 is 15.1 Å². The highest BCUT2D eigenvalue weighted by molar-refractivity contribution is 5.91. The number of hydrogen-bond acceptors (Lipinski definition) is 6. The molecular formula is C29H30N8O. The summed E-state index contributed by atoms with van der Waals surface area (Å²) in [5, 5.41) is 0. The van der Waals surface area contributed by atoms with Crippen LogP contribution in [0.25, 0.3) is 38.4 Å². The largest absolute Gasteiger partial charge is 0.490 e. The second kappa shape index (κ2) is 10.4. The van der Waals surface area contributed by atoms with E-state index >= 15 is 0 Å². The Morgan fingerprint density at radius 1 is 0.921 bits per heavy atom. The second-order valence-electron chi connectivity index (χ2n) is 9.45. The summed E-state index contributed by atoms with van der Waals surface area (Å²) in [5.74, 6) is 2.06. The molecule has 3 N–H and O–H groups in total. The van der Waals surface area contributed by atoms with Crippen LogP contribution in [0.15, 0.2) is 60.7 Å². The molecule has 0 bridgehead atoms. The van der Waals surface area contributed by atoms with Crippen LogP contribution in [-0.4, -0.2) is 64.2 Å². The standard InChI is InChI=1S/C29H30N8O/c1-3-20-10-12-21(13-11-20)28-31-22-6-4-8-24(26(22)33-28)37-16-14-36(15-17-37)18-19-38-25-9-5-7-23-27(25)34-29(32-23)35-30-2/h4-13H,3,14-19H2,1H3,(H,31,33)(H2,32,34,35). The van der Waals surface area contributed by atoms with Gasteiger partial charge in [0, 0.05) is 38.3 Å². The van der Waals surface area contributed by atoms with Crippen molar-refractivity contribution in [2.45, 2.75) is 13.3 Å². The smallest absolute Gasteiger partial charge is 0.272 e. The van der Waals surface area contributed by atoms with Gasteiger partial charge in [-0.1, -0.05) is 48.7 Å². The zero-order chi connectivity index (χ0) is 25.9. The Morgan fingerprint density at radius 2 is 1.68 bits per heavy atom. The van der Waals surface area contributed by atoms with Gasteiger partial charge in [-0.05, 0) is 36.2 Å². The van der Waals surface area contributed by atoms with E-state index in [1.54, 1.807) is 0 Å². The number of benzene rings is 3. The van der Waals surface area contributed by atoms with E-state index in [9.17, 15) is 0 Å². The molecule has 6 rings (SSSR count). The Labute approximate surface area is 221 Å². The minimum atomic E-state index is 0.427. The van der Waals surface area contributed by atoms with E-state index < -0.39 is 0 Å². The van der Waals surface area contributed by atoms with Gasteiger partial charge in [-0.2, -0.15) is 11.5 Å². The van der Waals surface area contributed by atoms with Crippen molar-refractivity contribution in [2.24, 2.45) is 0 Å². The molecule has 9 nitrogen and oxygen atoms in total. The fourth-order valence-electron chi connectivity index (χ4n) is 5.03. The number of aryl methyl sites for hydroxylation is 1. The number of piperazine rings is 1. The Balaban J connectivity index is 1.08. The maximum absolute atomic E-state index is 6.96. The number of rotatable bonds is 8. The molecule has 3 heterocycles. The van der Waals surface area contributed by atoms with Crippen LogP contribution in [0.4, 0.5) is 11.6 Å². The summed E-state index contributed by atoms with van der Waals surface area (Å²) in [6.07, 6.45) is 1.03. The quantitative estimate of drug-likeness (QED) is 0.200. The van der Waals surface area contributed by atoms with Crippen LogP contribution in [0.5, 0.6) is 5.75 Å². The third-order valence-corrected chi connectivity index (χ3v) is 7.14. The van der Waals surface area contributed by atoms with Crippen molar-refractivity contribution in [3.05, 3.63) is 77.8 Å². The first-order valence-corrected chi connectivity index (χ1v) is 13.0. The van der Waals surface area contributed by atoms with Crippen LogP contribution in [0.1, 0.15) is 12.5 Å². The average molecular weight is 507 g/mol. The number of H-pyrrole nitrogens is 2. The molecule has 5 aromatic rings. The van der Waals surface area contributed by atoms with Gasteiger partial charge in [-0.3, -0.25) is 4.90 Å². The lowest BCUT2D eigenvalue weighted by atomic mass is 10.1. The van der Waals surface area contributed by atoms with Gasteiger partial charge in [-0.15, -0.1) is 0 Å². The third kappa shape index (κ3) is 4.74. The van der Waals surface area contributed by atoms with E-state index in [0.29, 0.717) is 12.6 Å². The zero-order valence-corrected chi connectivity index (χ0v) is 21.4. The van der Waals surface area contributed by atoms with Gasteiger partial charge in [-0.25, -0.2) is 9.97 Å². The second-order valence-corrected chi connectivity index (χ2v) is 9.45. The molecular weight excluding hydrogens is 476 g/mol. The van der Waals surface area contributed by atoms with Crippen molar-refractivity contribution in [1.82, 2.24) is 24.8 Å². The highest BCUT2D eigenvalue weighted by atomic mass is 16.5. The molecule has 0 aliphatic carbocycles. The first-order chi connectivity index (χ1) is 18.7. The molecule has 1 saturated heterocycles. The van der Waals surface area contributed by atoms with Gasteiger partial charge in [0.15, 0.2) is 0 Å². The summed E-state index contributed by atoms with van der Waals surface area (Å²) in [4.78, 5) is 24.1. The van der Waals surface area contributed by atoms with Crippen molar-refractivity contribution in [3.63, 3.8) is 0 Å². The first-order valence-electron chi connectivity index (χ1n) is 13.0. The summed E-state index contributed by atoms with van der Waals surface area (Å²) in [7, 11) is 0. The van der Waals surface area contributed by atoms with E-state index in [4.69, 9.17) is 16.3 Å². The van der Waals surface area contributed by atoms with E-state index in [2.05, 4.69) is 84.5 Å². The fraction of sp³-hybridized carbons (Fsp3) is 0.276. The minimum Gasteiger partial charge on any atom is -0.490 e. The van der Waals surface area contributed by atoms with E-state index in [0.717, 1.165) is 78.3 Å². The molecule has 2 aromatic heterocycles. The minimum absolute atomic E-state index is 0.427. The number of aromatic amines is 2. The number of nitrogens with one attached hydrogen (secondary N) is 3. The normalized spacial score (nSPS) is 14.2. The SMILES string of the molecule is [C-]#[N+]Nc1nc2c(OCCN3CCN(c4cccc5[nH]c(-c6ccc(CC)cc6)nc45)CC3)cccc2[nH]1. The molecule has 192 valence electrons. The van der Waals surface area contributed by atoms with Crippen LogP contribution in [-0.2, 0) is 6.42 Å². The van der Waals surface area contributed by atoms with Crippen molar-refractivity contribution in [3.8, 4) is 17.1 Å². The fourth-order valence-corrected chi connectivity index (χ4v) is 5.03. The predicted octanol–water partition coefficient (Wildman–Crippen LogP) is 5.12. The van der Waals surface area contributed by atoms with Gasteiger partial charge in [0.2, 0.25) is 0 Å². The monoisotopic (exact) mass is 506 g/mol. The number of hydrogen-bond donors (Lipinski definition) is 3. The first kappa shape index (κ1) is 23.8. The van der Waals surface area contributed by atoms with Crippen LogP contribution in [0.2, 0.25) is 0 Å². The average Bonchev–Trinajstić information content (AvgIpc) is 3.58. The van der Waals surface area contributed by atoms with Gasteiger partial charge in [0.1, 0.15) is 29.2 Å². The van der Waals surface area contributed by atoms with Crippen LogP contribution in [0, 0.1) is 6.57 Å². The molecule has 9 heteroatoms. The summed E-state index contributed by atoms with van der Waals surface area (Å²) < 4.78 is 6.08. The van der Waals surface area contributed by atoms with Crippen LogP contribution >= 0.6 is 0 Å². The molecule has 0 unspecified atom stereocenters. The molecule has 1 aliphatic heterocycles. The Hall–Kier alpha value is -4.55. The number of ether oxygens (including phenoxy) is 1. The van der Waals surface area contributed by atoms with Crippen molar-refractivity contribution in [1.29, 1.82) is 0 Å². The molecule has 1 fully saturated rings. The van der Waals surface area contributed by atoms with Gasteiger partial charge in [0.25, 0.3) is 5.95 Å². The summed E-state index contributed by atoms with van der Waals surface area (Å²) in [5.41, 5.74) is 9.81. The van der Waals surface area contributed by atoms with Gasteiger partial charge >= 0.3 is 0 Å². The Morgan fingerprint density at radius 3 is 2.45 bits per heavy atom. The number of nitrogens with zero attached hydrogens (tertiary/aromatic N) is 5. The summed E-state index contributed by atoms with van der Waals surface area (Å²) in [6.45, 7) is 14.3. The van der Waals surface area contributed by atoms with Crippen molar-refractivity contribution < 1.29 is 4.74 Å². The maximum Gasteiger partial charge on any atom is 0.272 e. The highest BCUT2D eigenvalue weighted by Gasteiger charge is 2.20. The number of para-hydroxylation sites is 2. The van der Waals surface area contributed by atoms with Gasteiger partial charge < -0.3 is 19.6 Å². The summed E-state index contributed by atoms with van der Waals surface area (Å²) >= 11 is 0. The number of aromatic nitrogens is 4. The van der Waals surface area contributed by atoms with Gasteiger partial charge in [0.05, 0.1) is 16.7 Å². The topological polar surface area (TPSA) is 89.5 Å². The molecule has 0 amide bonds. The maximum atomic E-state index is 6.96. The zero-order valence-electron chi connectivity index (χ0n) is 21.4. The molecule has 0 spiro atoms. The number of anilines is 2. The molecule has 1 aliphatic rings. The molecule has 0 atom stereocenters. The molecule has 3 aromatic carbocycles. The Bertz CT molecular complexity index is 1590. The molecule has 38 heavy (non-hydrogen) atoms. The highest BCUT2D eigenvalue weighted by Crippen LogP contribution is 2.29. The van der Waals surface area contributed by atoms with Crippen molar-refractivity contribution >= 4 is 33.7 Å². The predicted molar refractivity (Wildman–Crippen MR) is 151 cm³/mol. The molecule has 0 radical (unpaired) electrons.